The van der Waals surface area contributed by atoms with Crippen LogP contribution in [0.25, 0.3) is 6.08 Å². The summed E-state index contributed by atoms with van der Waals surface area (Å²) in [6.45, 7) is 6.94. The van der Waals surface area contributed by atoms with E-state index in [1.165, 1.54) is 18.2 Å². The number of carbonyl (C=O) groups is 1. The summed E-state index contributed by atoms with van der Waals surface area (Å²) in [5.74, 6) is -1.07. The van der Waals surface area contributed by atoms with Crippen LogP contribution in [-0.2, 0) is 20.7 Å². The largest absolute Gasteiger partial charge is 0.463 e. The first-order valence-corrected chi connectivity index (χ1v) is 12.2. The molecule has 0 bridgehead atoms. The number of ether oxygens (including phenoxy) is 2. The summed E-state index contributed by atoms with van der Waals surface area (Å²) in [4.78, 5) is 13.9. The number of esters is 1. The zero-order chi connectivity index (χ0) is 25.4. The van der Waals surface area contributed by atoms with Crippen molar-refractivity contribution in [2.45, 2.75) is 58.3 Å². The molecule has 2 aromatic carbocycles. The van der Waals surface area contributed by atoms with Crippen LogP contribution >= 0.6 is 0 Å². The molecule has 1 aliphatic heterocycles. The molecule has 1 aliphatic rings. The summed E-state index contributed by atoms with van der Waals surface area (Å²) in [7, 11) is 0. The van der Waals surface area contributed by atoms with Crippen molar-refractivity contribution in [3.63, 3.8) is 0 Å². The highest BCUT2D eigenvalue weighted by Crippen LogP contribution is 2.25. The van der Waals surface area contributed by atoms with Crippen molar-refractivity contribution in [3.05, 3.63) is 76.4 Å². The summed E-state index contributed by atoms with van der Waals surface area (Å²) in [5.41, 5.74) is 2.82. The van der Waals surface area contributed by atoms with E-state index in [2.05, 4.69) is 4.90 Å². The van der Waals surface area contributed by atoms with E-state index >= 15 is 0 Å². The standard InChI is InChI=1S/C28H35F2NO4/c1-4-34-28(33)12-10-22-9-11-23(29)16-26(22)20(3)35-18-25(32)17-31-13-5-6-24(31)14-21-8-7-19(2)27(30)15-21/h7-12,15-16,20,24-25,32H,4-6,13-14,17-18H2,1-3H3/b12-10+/t20-,24+,25-/m1/s1. The third-order valence-corrected chi connectivity index (χ3v) is 6.36. The summed E-state index contributed by atoms with van der Waals surface area (Å²) < 4.78 is 38.6. The zero-order valence-corrected chi connectivity index (χ0v) is 20.7. The fourth-order valence-corrected chi connectivity index (χ4v) is 4.47. The Balaban J connectivity index is 1.56. The normalized spacial score (nSPS) is 18.2. The highest BCUT2D eigenvalue weighted by Gasteiger charge is 2.27. The molecule has 2 aromatic rings. The van der Waals surface area contributed by atoms with Crippen molar-refractivity contribution in [1.29, 1.82) is 0 Å². The molecule has 35 heavy (non-hydrogen) atoms. The molecule has 5 nitrogen and oxygen atoms in total. The van der Waals surface area contributed by atoms with Gasteiger partial charge in [0.25, 0.3) is 0 Å². The minimum absolute atomic E-state index is 0.0844. The number of aliphatic hydroxyl groups excluding tert-OH is 1. The maximum absolute atomic E-state index is 13.9. The van der Waals surface area contributed by atoms with Gasteiger partial charge in [-0.2, -0.15) is 0 Å². The third kappa shape index (κ3) is 7.95. The van der Waals surface area contributed by atoms with Crippen LogP contribution in [0.15, 0.2) is 42.5 Å². The Morgan fingerprint density at radius 1 is 1.26 bits per heavy atom. The molecule has 0 unspecified atom stereocenters. The number of benzene rings is 2. The molecule has 1 heterocycles. The second kappa shape index (κ2) is 12.9. The minimum Gasteiger partial charge on any atom is -0.463 e. The van der Waals surface area contributed by atoms with Gasteiger partial charge in [0.15, 0.2) is 0 Å². The summed E-state index contributed by atoms with van der Waals surface area (Å²) in [5, 5.41) is 10.7. The molecular weight excluding hydrogens is 452 g/mol. The predicted molar refractivity (Wildman–Crippen MR) is 132 cm³/mol. The van der Waals surface area contributed by atoms with E-state index in [-0.39, 0.29) is 25.1 Å². The van der Waals surface area contributed by atoms with Crippen molar-refractivity contribution in [2.75, 3.05) is 26.3 Å². The van der Waals surface area contributed by atoms with Gasteiger partial charge in [-0.1, -0.05) is 18.2 Å². The second-order valence-electron chi connectivity index (χ2n) is 9.07. The number of carbonyl (C=O) groups excluding carboxylic acids is 1. The van der Waals surface area contributed by atoms with E-state index < -0.39 is 24.0 Å². The van der Waals surface area contributed by atoms with Crippen molar-refractivity contribution in [1.82, 2.24) is 4.90 Å². The number of nitrogens with zero attached hydrogens (tertiary/aromatic N) is 1. The van der Waals surface area contributed by atoms with Gasteiger partial charge >= 0.3 is 5.97 Å². The van der Waals surface area contributed by atoms with E-state index in [9.17, 15) is 18.7 Å². The Bertz CT molecular complexity index is 1030. The molecule has 3 rings (SSSR count). The lowest BCUT2D eigenvalue weighted by Crippen LogP contribution is -2.39. The van der Waals surface area contributed by atoms with Crippen LogP contribution in [0.3, 0.4) is 0 Å². The van der Waals surface area contributed by atoms with E-state index in [1.54, 1.807) is 45.0 Å². The molecule has 0 radical (unpaired) electrons. The Hall–Kier alpha value is -2.61. The maximum Gasteiger partial charge on any atom is 0.330 e. The van der Waals surface area contributed by atoms with Gasteiger partial charge in [-0.05, 0) is 93.1 Å². The fraction of sp³-hybridized carbons (Fsp3) is 0.464. The molecule has 190 valence electrons. The Morgan fingerprint density at radius 2 is 2.06 bits per heavy atom. The molecule has 7 heteroatoms. The van der Waals surface area contributed by atoms with Crippen LogP contribution < -0.4 is 0 Å². The van der Waals surface area contributed by atoms with E-state index in [4.69, 9.17) is 9.47 Å². The van der Waals surface area contributed by atoms with Crippen molar-refractivity contribution < 1.29 is 28.2 Å². The average Bonchev–Trinajstić information content (AvgIpc) is 3.25. The number of likely N-dealkylation sites (tertiary alicyclic amines) is 1. The van der Waals surface area contributed by atoms with Crippen LogP contribution in [0, 0.1) is 18.6 Å². The molecule has 1 saturated heterocycles. The zero-order valence-electron chi connectivity index (χ0n) is 20.7. The quantitative estimate of drug-likeness (QED) is 0.357. The highest BCUT2D eigenvalue weighted by molar-refractivity contribution is 5.87. The lowest BCUT2D eigenvalue weighted by molar-refractivity contribution is -0.137. The number of aliphatic hydroxyl groups is 1. The maximum atomic E-state index is 13.9. The Kier molecular flexibility index (Phi) is 9.95. The number of hydrogen-bond donors (Lipinski definition) is 1. The number of aryl methyl sites for hydroxylation is 1. The highest BCUT2D eigenvalue weighted by atomic mass is 19.1. The lowest BCUT2D eigenvalue weighted by atomic mass is 10.0. The first-order valence-electron chi connectivity index (χ1n) is 12.2. The molecular formula is C28H35F2NO4. The van der Waals surface area contributed by atoms with Crippen molar-refractivity contribution in [2.24, 2.45) is 0 Å². The number of β-amino-alcohol motifs (C(OH)–C–C–N with tert-alkyl or cyclic N) is 1. The number of rotatable bonds is 11. The molecule has 3 atom stereocenters. The molecule has 1 fully saturated rings. The van der Waals surface area contributed by atoms with Crippen molar-refractivity contribution in [3.8, 4) is 0 Å². The SMILES string of the molecule is CCOC(=O)/C=C/c1ccc(F)cc1[C@@H](C)OC[C@H](O)CN1CCC[C@H]1Cc1ccc(C)c(F)c1. The first-order chi connectivity index (χ1) is 16.8. The van der Waals surface area contributed by atoms with Crippen LogP contribution in [0.1, 0.15) is 55.0 Å². The van der Waals surface area contributed by atoms with Gasteiger partial charge in [-0.25, -0.2) is 13.6 Å². The molecule has 0 amide bonds. The Labute approximate surface area is 206 Å². The van der Waals surface area contributed by atoms with Gasteiger partial charge in [0.2, 0.25) is 0 Å². The molecule has 1 N–H and O–H groups in total. The smallest absolute Gasteiger partial charge is 0.330 e. The van der Waals surface area contributed by atoms with Gasteiger partial charge < -0.3 is 14.6 Å². The molecule has 0 spiro atoms. The monoisotopic (exact) mass is 487 g/mol. The summed E-state index contributed by atoms with van der Waals surface area (Å²) in [6, 6.07) is 9.88. The van der Waals surface area contributed by atoms with E-state index in [0.29, 0.717) is 23.2 Å². The fourth-order valence-electron chi connectivity index (χ4n) is 4.47. The Morgan fingerprint density at radius 3 is 2.80 bits per heavy atom. The first kappa shape index (κ1) is 27.0. The third-order valence-electron chi connectivity index (χ3n) is 6.36. The number of halogens is 2. The van der Waals surface area contributed by atoms with Gasteiger partial charge in [0.1, 0.15) is 11.6 Å². The van der Waals surface area contributed by atoms with Crippen LogP contribution in [-0.4, -0.2) is 54.4 Å². The van der Waals surface area contributed by atoms with E-state index in [0.717, 1.165) is 31.4 Å². The van der Waals surface area contributed by atoms with Gasteiger partial charge in [-0.15, -0.1) is 0 Å². The predicted octanol–water partition coefficient (Wildman–Crippen LogP) is 5.00. The second-order valence-corrected chi connectivity index (χ2v) is 9.07. The van der Waals surface area contributed by atoms with Crippen LogP contribution in [0.5, 0.6) is 0 Å². The van der Waals surface area contributed by atoms with Gasteiger partial charge in [0, 0.05) is 18.7 Å². The van der Waals surface area contributed by atoms with Crippen molar-refractivity contribution >= 4 is 12.0 Å². The van der Waals surface area contributed by atoms with Crippen LogP contribution in [0.4, 0.5) is 8.78 Å². The summed E-state index contributed by atoms with van der Waals surface area (Å²) in [6.07, 6.45) is 4.43. The minimum atomic E-state index is -0.722. The number of hydrogen-bond acceptors (Lipinski definition) is 5. The molecule has 0 aliphatic carbocycles. The van der Waals surface area contributed by atoms with Gasteiger partial charge in [0.05, 0.1) is 25.4 Å². The average molecular weight is 488 g/mol. The topological polar surface area (TPSA) is 59.0 Å². The molecule has 0 aromatic heterocycles. The summed E-state index contributed by atoms with van der Waals surface area (Å²) >= 11 is 0. The molecule has 0 saturated carbocycles. The van der Waals surface area contributed by atoms with E-state index in [1.807, 2.05) is 6.07 Å². The van der Waals surface area contributed by atoms with Gasteiger partial charge in [-0.3, -0.25) is 4.90 Å². The van der Waals surface area contributed by atoms with Crippen LogP contribution in [0.2, 0.25) is 0 Å². The lowest BCUT2D eigenvalue weighted by Gasteiger charge is -2.27.